The highest BCUT2D eigenvalue weighted by Gasteiger charge is 2.39. The van der Waals surface area contributed by atoms with E-state index in [1.165, 1.54) is 6.42 Å². The van der Waals surface area contributed by atoms with E-state index >= 15 is 0 Å². The maximum Gasteiger partial charge on any atom is 0.249 e. The summed E-state index contributed by atoms with van der Waals surface area (Å²) < 4.78 is 10.6. The van der Waals surface area contributed by atoms with Crippen molar-refractivity contribution in [2.75, 3.05) is 13.2 Å². The van der Waals surface area contributed by atoms with Crippen molar-refractivity contribution in [1.82, 2.24) is 10.1 Å². The van der Waals surface area contributed by atoms with Crippen molar-refractivity contribution in [1.29, 1.82) is 0 Å². The molecule has 2 fully saturated rings. The van der Waals surface area contributed by atoms with Gasteiger partial charge in [0.15, 0.2) is 5.82 Å². The minimum Gasteiger partial charge on any atom is -0.379 e. The maximum absolute atomic E-state index is 6.20. The number of aromatic nitrogens is 2. The number of hydrogen-bond acceptors (Lipinski definition) is 5. The van der Waals surface area contributed by atoms with E-state index in [0.717, 1.165) is 31.0 Å². The molecule has 0 amide bonds. The first-order valence-corrected chi connectivity index (χ1v) is 6.38. The van der Waals surface area contributed by atoms with Crippen molar-refractivity contribution in [2.45, 2.75) is 44.1 Å². The predicted octanol–water partition coefficient (Wildman–Crippen LogP) is 1.55. The summed E-state index contributed by atoms with van der Waals surface area (Å²) >= 11 is 0. The fraction of sp³-hybridized carbons (Fsp3) is 0.833. The van der Waals surface area contributed by atoms with E-state index < -0.39 is 5.54 Å². The fourth-order valence-electron chi connectivity index (χ4n) is 2.79. The molecule has 3 atom stereocenters. The van der Waals surface area contributed by atoms with E-state index in [1.54, 1.807) is 0 Å². The van der Waals surface area contributed by atoms with Crippen LogP contribution in [0.4, 0.5) is 0 Å². The second-order valence-electron chi connectivity index (χ2n) is 5.53. The molecular formula is C12H19N3O2. The minimum atomic E-state index is -0.560. The molecule has 5 nitrogen and oxygen atoms in total. The Labute approximate surface area is 101 Å². The van der Waals surface area contributed by atoms with Crippen LogP contribution in [0.5, 0.6) is 0 Å². The molecule has 1 aliphatic heterocycles. The molecule has 5 heteroatoms. The van der Waals surface area contributed by atoms with Crippen LogP contribution in [0.15, 0.2) is 4.52 Å². The standard InChI is InChI=1S/C12H19N3O2/c1-8-2-3-9(6-8)10-14-11(17-15-10)12(13)4-5-16-7-12/h8-9H,2-7,13H2,1H3. The van der Waals surface area contributed by atoms with Crippen molar-refractivity contribution in [3.63, 3.8) is 0 Å². The number of nitrogens with two attached hydrogens (primary N) is 1. The normalized spacial score (nSPS) is 37.8. The van der Waals surface area contributed by atoms with Crippen LogP contribution in [0.1, 0.15) is 50.2 Å². The Balaban J connectivity index is 1.78. The SMILES string of the molecule is CC1CCC(c2noc(C3(N)CCOC3)n2)C1. The Kier molecular flexibility index (Phi) is 2.67. The van der Waals surface area contributed by atoms with Crippen molar-refractivity contribution in [3.8, 4) is 0 Å². The van der Waals surface area contributed by atoms with Gasteiger partial charge in [-0.2, -0.15) is 4.98 Å². The van der Waals surface area contributed by atoms with E-state index in [0.29, 0.717) is 25.0 Å². The lowest BCUT2D eigenvalue weighted by Gasteiger charge is -2.15. The largest absolute Gasteiger partial charge is 0.379 e. The summed E-state index contributed by atoms with van der Waals surface area (Å²) in [5, 5.41) is 4.10. The van der Waals surface area contributed by atoms with Gasteiger partial charge in [-0.25, -0.2) is 0 Å². The van der Waals surface area contributed by atoms with Gasteiger partial charge in [-0.05, 0) is 31.6 Å². The monoisotopic (exact) mass is 237 g/mol. The predicted molar refractivity (Wildman–Crippen MR) is 61.4 cm³/mol. The van der Waals surface area contributed by atoms with Gasteiger partial charge in [0.1, 0.15) is 5.54 Å². The first-order valence-electron chi connectivity index (χ1n) is 6.38. The second-order valence-corrected chi connectivity index (χ2v) is 5.53. The van der Waals surface area contributed by atoms with Crippen LogP contribution in [-0.4, -0.2) is 23.4 Å². The van der Waals surface area contributed by atoms with Gasteiger partial charge in [0, 0.05) is 12.5 Å². The maximum atomic E-state index is 6.20. The summed E-state index contributed by atoms with van der Waals surface area (Å²) in [6.07, 6.45) is 4.34. The summed E-state index contributed by atoms with van der Waals surface area (Å²) in [7, 11) is 0. The number of ether oxygens (including phenoxy) is 1. The number of hydrogen-bond donors (Lipinski definition) is 1. The summed E-state index contributed by atoms with van der Waals surface area (Å²) in [6, 6.07) is 0. The van der Waals surface area contributed by atoms with Crippen molar-refractivity contribution in [2.24, 2.45) is 11.7 Å². The minimum absolute atomic E-state index is 0.452. The van der Waals surface area contributed by atoms with Gasteiger partial charge in [0.25, 0.3) is 0 Å². The molecule has 2 aliphatic rings. The van der Waals surface area contributed by atoms with E-state index in [2.05, 4.69) is 17.1 Å². The molecule has 17 heavy (non-hydrogen) atoms. The van der Waals surface area contributed by atoms with Crippen LogP contribution in [0.25, 0.3) is 0 Å². The van der Waals surface area contributed by atoms with Crippen LogP contribution < -0.4 is 5.73 Å². The molecule has 1 aliphatic carbocycles. The van der Waals surface area contributed by atoms with Crippen LogP contribution in [-0.2, 0) is 10.3 Å². The van der Waals surface area contributed by atoms with E-state index in [1.807, 2.05) is 0 Å². The molecule has 3 rings (SSSR count). The average molecular weight is 237 g/mol. The summed E-state index contributed by atoms with van der Waals surface area (Å²) in [6.45, 7) is 3.43. The highest BCUT2D eigenvalue weighted by molar-refractivity contribution is 5.07. The third-order valence-corrected chi connectivity index (χ3v) is 3.98. The van der Waals surface area contributed by atoms with E-state index in [9.17, 15) is 0 Å². The molecule has 1 aromatic rings. The Morgan fingerprint density at radius 3 is 2.94 bits per heavy atom. The Hall–Kier alpha value is -0.940. The van der Waals surface area contributed by atoms with Gasteiger partial charge in [-0.1, -0.05) is 12.1 Å². The molecule has 1 saturated heterocycles. The highest BCUT2D eigenvalue weighted by Crippen LogP contribution is 2.37. The van der Waals surface area contributed by atoms with Gasteiger partial charge < -0.3 is 15.0 Å². The fourth-order valence-corrected chi connectivity index (χ4v) is 2.79. The summed E-state index contributed by atoms with van der Waals surface area (Å²) in [4.78, 5) is 4.50. The molecule has 0 spiro atoms. The van der Waals surface area contributed by atoms with Crippen molar-refractivity contribution < 1.29 is 9.26 Å². The van der Waals surface area contributed by atoms with Gasteiger partial charge in [-0.15, -0.1) is 0 Å². The van der Waals surface area contributed by atoms with Gasteiger partial charge in [0.05, 0.1) is 6.61 Å². The Morgan fingerprint density at radius 2 is 2.29 bits per heavy atom. The Bertz CT molecular complexity index is 398. The average Bonchev–Trinajstić information content (AvgIpc) is 2.96. The lowest BCUT2D eigenvalue weighted by atomic mass is 10.0. The first-order chi connectivity index (χ1) is 8.17. The van der Waals surface area contributed by atoms with E-state index in [4.69, 9.17) is 15.0 Å². The third kappa shape index (κ3) is 1.98. The van der Waals surface area contributed by atoms with Crippen molar-refractivity contribution >= 4 is 0 Å². The number of nitrogens with zero attached hydrogens (tertiary/aromatic N) is 2. The lowest BCUT2D eigenvalue weighted by Crippen LogP contribution is -2.37. The number of rotatable bonds is 2. The quantitative estimate of drug-likeness (QED) is 0.844. The van der Waals surface area contributed by atoms with Gasteiger partial charge in [0.2, 0.25) is 5.89 Å². The lowest BCUT2D eigenvalue weighted by molar-refractivity contribution is 0.166. The molecule has 1 saturated carbocycles. The summed E-state index contributed by atoms with van der Waals surface area (Å²) in [5.74, 6) is 2.60. The second kappa shape index (κ2) is 4.07. The molecule has 2 heterocycles. The van der Waals surface area contributed by atoms with Crippen LogP contribution in [0.3, 0.4) is 0 Å². The Morgan fingerprint density at radius 1 is 1.41 bits per heavy atom. The molecule has 0 bridgehead atoms. The summed E-state index contributed by atoms with van der Waals surface area (Å²) in [5.41, 5.74) is 5.64. The first kappa shape index (κ1) is 11.2. The molecule has 94 valence electrons. The molecule has 0 radical (unpaired) electrons. The zero-order valence-corrected chi connectivity index (χ0v) is 10.2. The topological polar surface area (TPSA) is 74.2 Å². The highest BCUT2D eigenvalue weighted by atomic mass is 16.5. The molecule has 2 N–H and O–H groups in total. The van der Waals surface area contributed by atoms with Crippen molar-refractivity contribution in [3.05, 3.63) is 11.7 Å². The molecular weight excluding hydrogens is 218 g/mol. The molecule has 1 aromatic heterocycles. The van der Waals surface area contributed by atoms with Crippen LogP contribution in [0, 0.1) is 5.92 Å². The molecule has 3 unspecified atom stereocenters. The van der Waals surface area contributed by atoms with Crippen LogP contribution >= 0.6 is 0 Å². The van der Waals surface area contributed by atoms with Crippen LogP contribution in [0.2, 0.25) is 0 Å². The third-order valence-electron chi connectivity index (χ3n) is 3.98. The zero-order valence-electron chi connectivity index (χ0n) is 10.2. The van der Waals surface area contributed by atoms with Gasteiger partial charge >= 0.3 is 0 Å². The zero-order chi connectivity index (χ0) is 11.9. The van der Waals surface area contributed by atoms with E-state index in [-0.39, 0.29) is 0 Å². The smallest absolute Gasteiger partial charge is 0.249 e. The molecule has 0 aromatic carbocycles. The van der Waals surface area contributed by atoms with Gasteiger partial charge in [-0.3, -0.25) is 0 Å².